The predicted molar refractivity (Wildman–Crippen MR) is 165 cm³/mol. The second-order valence-corrected chi connectivity index (χ2v) is 11.5. The molecule has 1 fully saturated rings. The Morgan fingerprint density at radius 2 is 1.64 bits per heavy atom. The Labute approximate surface area is 269 Å². The summed E-state index contributed by atoms with van der Waals surface area (Å²) < 4.78 is 39.3. The van der Waals surface area contributed by atoms with Crippen molar-refractivity contribution in [1.82, 2.24) is 9.78 Å². The minimum Gasteiger partial charge on any atom is -0.461 e. The third kappa shape index (κ3) is 8.79. The highest BCUT2D eigenvalue weighted by molar-refractivity contribution is 9.10. The highest BCUT2D eigenvalue weighted by atomic mass is 79.9. The fourth-order valence-corrected chi connectivity index (χ4v) is 5.40. The highest BCUT2D eigenvalue weighted by Crippen LogP contribution is 2.30. The largest absolute Gasteiger partial charge is 0.461 e. The van der Waals surface area contributed by atoms with Crippen LogP contribution in [0.25, 0.3) is 5.69 Å². The van der Waals surface area contributed by atoms with Gasteiger partial charge in [0.2, 0.25) is 5.78 Å². The molecule has 10 nitrogen and oxygen atoms in total. The van der Waals surface area contributed by atoms with Gasteiger partial charge in [0.1, 0.15) is 23.1 Å². The van der Waals surface area contributed by atoms with Crippen molar-refractivity contribution in [3.05, 3.63) is 73.9 Å². The molecule has 0 aliphatic heterocycles. The molecule has 44 heavy (non-hydrogen) atoms. The summed E-state index contributed by atoms with van der Waals surface area (Å²) in [5.74, 6) is 1.44. The fourth-order valence-electron chi connectivity index (χ4n) is 4.69. The number of nitrogen functional groups attached to an aromatic ring is 1. The number of carbonyl (C=O) groups excluding carboxylic acids is 4. The minimum absolute atomic E-state index is 0.127. The second kappa shape index (κ2) is 16.5. The van der Waals surface area contributed by atoms with E-state index in [1.807, 2.05) is 0 Å². The zero-order valence-corrected chi connectivity index (χ0v) is 27.3. The molecule has 3 aromatic rings. The lowest BCUT2D eigenvalue weighted by Crippen LogP contribution is -2.28. The SMILES string of the molecule is CCOC(=O)C(=O)C1CCCC1=O.CCOC(=O)c1nn(-c2cc(Br)ccc2F)c2c1CCC2.NNc1cc(Br)ccc1F. The Kier molecular flexibility index (Phi) is 13.2. The van der Waals surface area contributed by atoms with Crippen molar-refractivity contribution in [2.24, 2.45) is 11.8 Å². The number of anilines is 1. The maximum atomic E-state index is 14.1. The van der Waals surface area contributed by atoms with Gasteiger partial charge in [0.25, 0.3) is 0 Å². The summed E-state index contributed by atoms with van der Waals surface area (Å²) in [6.07, 6.45) is 4.11. The lowest BCUT2D eigenvalue weighted by molar-refractivity contribution is -0.156. The molecule has 0 bridgehead atoms. The zero-order chi connectivity index (χ0) is 32.4. The second-order valence-electron chi connectivity index (χ2n) is 9.62. The summed E-state index contributed by atoms with van der Waals surface area (Å²) in [5, 5.41) is 4.30. The number of nitrogens with one attached hydrogen (secondary N) is 1. The molecule has 1 aromatic heterocycles. The number of carbonyl (C=O) groups is 4. The Morgan fingerprint density at radius 3 is 2.23 bits per heavy atom. The number of esters is 2. The number of fused-ring (bicyclic) bond motifs is 1. The van der Waals surface area contributed by atoms with E-state index in [0.717, 1.165) is 39.5 Å². The number of hydrogen-bond acceptors (Lipinski definition) is 9. The quantitative estimate of drug-likeness (QED) is 0.101. The van der Waals surface area contributed by atoms with E-state index in [0.29, 0.717) is 37.3 Å². The van der Waals surface area contributed by atoms with Gasteiger partial charge < -0.3 is 14.9 Å². The van der Waals surface area contributed by atoms with E-state index >= 15 is 0 Å². The van der Waals surface area contributed by atoms with Crippen LogP contribution in [0.5, 0.6) is 0 Å². The van der Waals surface area contributed by atoms with Crippen molar-refractivity contribution in [2.45, 2.75) is 52.4 Å². The minimum atomic E-state index is -0.872. The summed E-state index contributed by atoms with van der Waals surface area (Å²) in [6.45, 7) is 3.85. The first-order valence-electron chi connectivity index (χ1n) is 13.9. The van der Waals surface area contributed by atoms with Crippen molar-refractivity contribution in [3.8, 4) is 5.69 Å². The average molecular weight is 742 g/mol. The first-order valence-corrected chi connectivity index (χ1v) is 15.5. The van der Waals surface area contributed by atoms with Gasteiger partial charge in [-0.15, -0.1) is 0 Å². The molecule has 2 aromatic carbocycles. The number of nitrogens with two attached hydrogens (primary N) is 1. The van der Waals surface area contributed by atoms with Crippen LogP contribution < -0.4 is 11.3 Å². The maximum Gasteiger partial charge on any atom is 0.375 e. The number of ether oxygens (including phenoxy) is 2. The summed E-state index contributed by atoms with van der Waals surface area (Å²) in [6, 6.07) is 9.18. The van der Waals surface area contributed by atoms with E-state index in [1.54, 1.807) is 38.1 Å². The predicted octanol–water partition coefficient (Wildman–Crippen LogP) is 5.80. The Hall–Kier alpha value is -3.49. The van der Waals surface area contributed by atoms with E-state index in [9.17, 15) is 28.0 Å². The number of Topliss-reactive ketones (excluding diaryl/α,β-unsaturated/α-hetero) is 2. The monoisotopic (exact) mass is 740 g/mol. The highest BCUT2D eigenvalue weighted by Gasteiger charge is 2.35. The van der Waals surface area contributed by atoms with Crippen molar-refractivity contribution in [1.29, 1.82) is 0 Å². The molecule has 5 rings (SSSR count). The van der Waals surface area contributed by atoms with Crippen LogP contribution in [0.3, 0.4) is 0 Å². The van der Waals surface area contributed by atoms with Gasteiger partial charge in [-0.05, 0) is 82.3 Å². The molecule has 0 saturated heterocycles. The van der Waals surface area contributed by atoms with Gasteiger partial charge in [-0.25, -0.2) is 23.1 Å². The summed E-state index contributed by atoms with van der Waals surface area (Å²) in [5.41, 5.74) is 4.95. The van der Waals surface area contributed by atoms with Crippen molar-refractivity contribution in [3.63, 3.8) is 0 Å². The van der Waals surface area contributed by atoms with Crippen LogP contribution in [0.1, 0.15) is 61.3 Å². The Morgan fingerprint density at radius 1 is 0.977 bits per heavy atom. The van der Waals surface area contributed by atoms with E-state index in [4.69, 9.17) is 10.6 Å². The third-order valence-electron chi connectivity index (χ3n) is 6.72. The van der Waals surface area contributed by atoms with E-state index in [-0.39, 0.29) is 29.7 Å². The van der Waals surface area contributed by atoms with Crippen LogP contribution in [-0.2, 0) is 36.7 Å². The summed E-state index contributed by atoms with van der Waals surface area (Å²) >= 11 is 6.51. The molecule has 3 N–H and O–H groups in total. The van der Waals surface area contributed by atoms with E-state index in [1.165, 1.54) is 16.8 Å². The number of ketones is 2. The fraction of sp³-hybridized carbons (Fsp3) is 0.367. The molecular formula is C30H32Br2F2N4O6. The lowest BCUT2D eigenvalue weighted by atomic mass is 10.0. The van der Waals surface area contributed by atoms with Gasteiger partial charge in [0, 0.05) is 26.6 Å². The molecule has 1 unspecified atom stereocenters. The molecule has 0 radical (unpaired) electrons. The Balaban J connectivity index is 0.000000197. The number of benzene rings is 2. The van der Waals surface area contributed by atoms with Gasteiger partial charge >= 0.3 is 11.9 Å². The first-order chi connectivity index (χ1) is 21.0. The third-order valence-corrected chi connectivity index (χ3v) is 7.70. The van der Waals surface area contributed by atoms with Gasteiger partial charge in [-0.2, -0.15) is 5.10 Å². The Bertz CT molecular complexity index is 1530. The molecular weight excluding hydrogens is 710 g/mol. The normalized spacial score (nSPS) is 14.9. The van der Waals surface area contributed by atoms with Crippen molar-refractivity contribution >= 4 is 61.1 Å². The topological polar surface area (TPSA) is 143 Å². The molecule has 1 heterocycles. The number of halogens is 4. The number of nitrogens with zero attached hydrogens (tertiary/aromatic N) is 2. The molecule has 2 aliphatic rings. The molecule has 1 atom stereocenters. The standard InChI is InChI=1S/C15H14BrFN2O2.C9H12O4.C6H6BrFN2/c1-2-21-15(20)14-10-4-3-5-12(10)19(18-14)13-8-9(16)6-7-11(13)17;1-2-13-9(12)8(11)6-4-3-5-7(6)10;7-4-1-2-5(8)6(3-4)10-9/h6-8H,2-5H2,1H3;6H,2-5H2,1H3;1-3,10H,9H2. The van der Waals surface area contributed by atoms with Crippen molar-refractivity contribution in [2.75, 3.05) is 18.6 Å². The van der Waals surface area contributed by atoms with Crippen LogP contribution in [0.2, 0.25) is 0 Å². The number of aromatic nitrogens is 2. The smallest absolute Gasteiger partial charge is 0.375 e. The lowest BCUT2D eigenvalue weighted by Gasteiger charge is -2.07. The van der Waals surface area contributed by atoms with Crippen LogP contribution in [-0.4, -0.2) is 46.5 Å². The number of hydrogen-bond donors (Lipinski definition) is 2. The molecule has 0 spiro atoms. The zero-order valence-electron chi connectivity index (χ0n) is 24.1. The van der Waals surface area contributed by atoms with Gasteiger partial charge in [-0.1, -0.05) is 31.9 Å². The van der Waals surface area contributed by atoms with Gasteiger partial charge in [-0.3, -0.25) is 15.4 Å². The van der Waals surface area contributed by atoms with Crippen LogP contribution in [0.15, 0.2) is 45.3 Å². The number of rotatable bonds is 7. The maximum absolute atomic E-state index is 14.1. The first kappa shape index (κ1) is 35.0. The van der Waals surface area contributed by atoms with Crippen LogP contribution >= 0.6 is 31.9 Å². The summed E-state index contributed by atoms with van der Waals surface area (Å²) in [7, 11) is 0. The van der Waals surface area contributed by atoms with E-state index in [2.05, 4.69) is 47.1 Å². The molecule has 2 aliphatic carbocycles. The number of hydrazine groups is 1. The summed E-state index contributed by atoms with van der Waals surface area (Å²) in [4.78, 5) is 45.3. The van der Waals surface area contributed by atoms with Crippen molar-refractivity contribution < 1.29 is 37.4 Å². The molecule has 14 heteroatoms. The van der Waals surface area contributed by atoms with Gasteiger partial charge in [0.15, 0.2) is 5.69 Å². The van der Waals surface area contributed by atoms with Gasteiger partial charge in [0.05, 0.1) is 24.8 Å². The molecule has 236 valence electrons. The molecule has 0 amide bonds. The van der Waals surface area contributed by atoms with Crippen LogP contribution in [0.4, 0.5) is 14.5 Å². The van der Waals surface area contributed by atoms with Crippen LogP contribution in [0, 0.1) is 17.6 Å². The average Bonchev–Trinajstić information content (AvgIpc) is 3.73. The van der Waals surface area contributed by atoms with E-state index < -0.39 is 23.6 Å². The molecule has 1 saturated carbocycles.